The third-order valence-electron chi connectivity index (χ3n) is 4.05. The number of halogens is 1. The topological polar surface area (TPSA) is 70.3 Å². The molecule has 3 aromatic rings. The summed E-state index contributed by atoms with van der Waals surface area (Å²) in [6.45, 7) is 0.268. The van der Waals surface area contributed by atoms with E-state index in [0.717, 1.165) is 16.7 Å². The van der Waals surface area contributed by atoms with Gasteiger partial charge in [0.05, 0.1) is 17.2 Å². The number of rotatable bonds is 6. The highest BCUT2D eigenvalue weighted by Gasteiger charge is 2.04. The SMILES string of the molecule is N#CC(=Cc1ccc(OCc2cccc(C(=O)O)c2)cc1)c1ccc(Cl)cc1. The molecular formula is C23H16ClNO3. The lowest BCUT2D eigenvalue weighted by atomic mass is 10.0. The Morgan fingerprint density at radius 3 is 2.39 bits per heavy atom. The van der Waals surface area contributed by atoms with Crippen LogP contribution in [0.15, 0.2) is 72.8 Å². The first-order valence-corrected chi connectivity index (χ1v) is 8.86. The minimum Gasteiger partial charge on any atom is -0.489 e. The van der Waals surface area contributed by atoms with E-state index >= 15 is 0 Å². The van der Waals surface area contributed by atoms with E-state index in [0.29, 0.717) is 16.3 Å². The molecule has 0 spiro atoms. The molecule has 0 radical (unpaired) electrons. The summed E-state index contributed by atoms with van der Waals surface area (Å²) in [6.07, 6.45) is 1.79. The summed E-state index contributed by atoms with van der Waals surface area (Å²) in [5, 5.41) is 19.1. The molecular weight excluding hydrogens is 374 g/mol. The van der Waals surface area contributed by atoms with E-state index in [2.05, 4.69) is 6.07 Å². The zero-order valence-corrected chi connectivity index (χ0v) is 15.6. The Morgan fingerprint density at radius 2 is 1.75 bits per heavy atom. The molecule has 0 saturated carbocycles. The van der Waals surface area contributed by atoms with E-state index < -0.39 is 5.97 Å². The van der Waals surface area contributed by atoms with Gasteiger partial charge in [-0.2, -0.15) is 5.26 Å². The van der Waals surface area contributed by atoms with Gasteiger partial charge in [0.25, 0.3) is 0 Å². The fourth-order valence-corrected chi connectivity index (χ4v) is 2.72. The molecule has 0 aromatic heterocycles. The van der Waals surface area contributed by atoms with E-state index in [-0.39, 0.29) is 12.2 Å². The molecule has 5 heteroatoms. The lowest BCUT2D eigenvalue weighted by molar-refractivity contribution is 0.0696. The first-order chi connectivity index (χ1) is 13.5. The normalized spacial score (nSPS) is 10.9. The smallest absolute Gasteiger partial charge is 0.335 e. The van der Waals surface area contributed by atoms with Gasteiger partial charge >= 0.3 is 5.97 Å². The Hall–Kier alpha value is -3.55. The number of benzene rings is 3. The number of aromatic carboxylic acids is 1. The summed E-state index contributed by atoms with van der Waals surface area (Å²) < 4.78 is 5.72. The molecule has 1 N–H and O–H groups in total. The maximum absolute atomic E-state index is 11.0. The van der Waals surface area contributed by atoms with Gasteiger partial charge in [-0.1, -0.05) is 48.0 Å². The van der Waals surface area contributed by atoms with Crippen LogP contribution in [0.25, 0.3) is 11.6 Å². The Balaban J connectivity index is 1.69. The van der Waals surface area contributed by atoms with Crippen LogP contribution < -0.4 is 4.74 Å². The molecule has 0 bridgehead atoms. The molecule has 28 heavy (non-hydrogen) atoms. The molecule has 0 atom stereocenters. The Morgan fingerprint density at radius 1 is 1.04 bits per heavy atom. The maximum Gasteiger partial charge on any atom is 0.335 e. The van der Waals surface area contributed by atoms with Crippen molar-refractivity contribution in [3.8, 4) is 11.8 Å². The molecule has 0 aliphatic heterocycles. The molecule has 0 heterocycles. The van der Waals surface area contributed by atoms with Gasteiger partial charge in [-0.3, -0.25) is 0 Å². The van der Waals surface area contributed by atoms with E-state index in [1.165, 1.54) is 0 Å². The van der Waals surface area contributed by atoms with Crippen LogP contribution in [0.2, 0.25) is 5.02 Å². The third-order valence-corrected chi connectivity index (χ3v) is 4.30. The quantitative estimate of drug-likeness (QED) is 0.434. The average molecular weight is 390 g/mol. The number of carboxylic acids is 1. The van der Waals surface area contributed by atoms with Crippen LogP contribution >= 0.6 is 11.6 Å². The van der Waals surface area contributed by atoms with Crippen LogP contribution in [0.5, 0.6) is 5.75 Å². The predicted octanol–water partition coefficient (Wildman–Crippen LogP) is 5.68. The Bertz CT molecular complexity index is 1050. The van der Waals surface area contributed by atoms with Gasteiger partial charge in [-0.15, -0.1) is 0 Å². The number of nitrogens with zero attached hydrogens (tertiary/aromatic N) is 1. The van der Waals surface area contributed by atoms with Crippen molar-refractivity contribution in [2.24, 2.45) is 0 Å². The van der Waals surface area contributed by atoms with Crippen LogP contribution in [-0.2, 0) is 6.61 Å². The first-order valence-electron chi connectivity index (χ1n) is 8.48. The molecule has 138 valence electrons. The zero-order chi connectivity index (χ0) is 19.9. The molecule has 3 aromatic carbocycles. The molecule has 0 saturated heterocycles. The van der Waals surface area contributed by atoms with Gasteiger partial charge in [0.15, 0.2) is 0 Å². The third kappa shape index (κ3) is 5.00. The monoisotopic (exact) mass is 389 g/mol. The van der Waals surface area contributed by atoms with E-state index in [1.54, 1.807) is 48.5 Å². The average Bonchev–Trinajstić information content (AvgIpc) is 2.72. The zero-order valence-electron chi connectivity index (χ0n) is 14.8. The number of allylic oxidation sites excluding steroid dienone is 1. The van der Waals surface area contributed by atoms with Gasteiger partial charge in [0.1, 0.15) is 12.4 Å². The Labute approximate surface area is 167 Å². The maximum atomic E-state index is 11.0. The minimum atomic E-state index is -0.966. The van der Waals surface area contributed by atoms with Crippen molar-refractivity contribution in [3.05, 3.63) is 100 Å². The standard InChI is InChI=1S/C23H16ClNO3/c24-21-8-6-18(7-9-21)20(14-25)12-16-4-10-22(11-5-16)28-15-17-2-1-3-19(13-17)23(26)27/h1-13H,15H2,(H,26,27). The number of nitriles is 1. The lowest BCUT2D eigenvalue weighted by Gasteiger charge is -2.07. The van der Waals surface area contributed by atoms with Crippen molar-refractivity contribution < 1.29 is 14.6 Å². The van der Waals surface area contributed by atoms with E-state index in [4.69, 9.17) is 21.4 Å². The Kier molecular flexibility index (Phi) is 6.11. The van der Waals surface area contributed by atoms with Gasteiger partial charge in [-0.25, -0.2) is 4.79 Å². The van der Waals surface area contributed by atoms with Crippen molar-refractivity contribution >= 4 is 29.2 Å². The molecule has 0 aliphatic carbocycles. The van der Waals surface area contributed by atoms with Crippen LogP contribution in [0, 0.1) is 11.3 Å². The van der Waals surface area contributed by atoms with Crippen LogP contribution in [0.4, 0.5) is 0 Å². The fraction of sp³-hybridized carbons (Fsp3) is 0.0435. The van der Waals surface area contributed by atoms with Gasteiger partial charge < -0.3 is 9.84 Å². The fourth-order valence-electron chi connectivity index (χ4n) is 2.60. The van der Waals surface area contributed by atoms with Crippen LogP contribution in [0.1, 0.15) is 27.0 Å². The van der Waals surface area contributed by atoms with Crippen molar-refractivity contribution in [3.63, 3.8) is 0 Å². The first kappa shape index (κ1) is 19.2. The number of hydrogen-bond acceptors (Lipinski definition) is 3. The minimum absolute atomic E-state index is 0.229. The van der Waals surface area contributed by atoms with Crippen molar-refractivity contribution in [1.29, 1.82) is 5.26 Å². The lowest BCUT2D eigenvalue weighted by Crippen LogP contribution is -2.00. The van der Waals surface area contributed by atoms with E-state index in [9.17, 15) is 10.1 Å². The van der Waals surface area contributed by atoms with Crippen LogP contribution in [-0.4, -0.2) is 11.1 Å². The number of carbonyl (C=O) groups is 1. The second-order valence-corrected chi connectivity index (χ2v) is 6.48. The summed E-state index contributed by atoms with van der Waals surface area (Å²) >= 11 is 5.89. The van der Waals surface area contributed by atoms with Crippen molar-refractivity contribution in [2.45, 2.75) is 6.61 Å². The summed E-state index contributed by atoms with van der Waals surface area (Å²) in [5.74, 6) is -0.310. The van der Waals surface area contributed by atoms with Crippen molar-refractivity contribution in [1.82, 2.24) is 0 Å². The number of hydrogen-bond donors (Lipinski definition) is 1. The molecule has 0 unspecified atom stereocenters. The summed E-state index contributed by atoms with van der Waals surface area (Å²) in [5.41, 5.74) is 3.21. The van der Waals surface area contributed by atoms with Crippen molar-refractivity contribution in [2.75, 3.05) is 0 Å². The van der Waals surface area contributed by atoms with Gasteiger partial charge in [-0.05, 0) is 59.2 Å². The summed E-state index contributed by atoms with van der Waals surface area (Å²) in [7, 11) is 0. The highest BCUT2D eigenvalue weighted by molar-refractivity contribution is 6.30. The number of ether oxygens (including phenoxy) is 1. The second kappa shape index (κ2) is 8.90. The molecule has 0 amide bonds. The summed E-state index contributed by atoms with van der Waals surface area (Å²) in [6, 6.07) is 23.3. The van der Waals surface area contributed by atoms with Gasteiger partial charge in [0.2, 0.25) is 0 Å². The van der Waals surface area contributed by atoms with Crippen LogP contribution in [0.3, 0.4) is 0 Å². The summed E-state index contributed by atoms with van der Waals surface area (Å²) in [4.78, 5) is 11.0. The largest absolute Gasteiger partial charge is 0.489 e. The molecule has 4 nitrogen and oxygen atoms in total. The highest BCUT2D eigenvalue weighted by atomic mass is 35.5. The van der Waals surface area contributed by atoms with Gasteiger partial charge in [0, 0.05) is 5.02 Å². The second-order valence-electron chi connectivity index (χ2n) is 6.04. The molecule has 0 aliphatic rings. The predicted molar refractivity (Wildman–Crippen MR) is 109 cm³/mol. The molecule has 3 rings (SSSR count). The highest BCUT2D eigenvalue weighted by Crippen LogP contribution is 2.22. The van der Waals surface area contributed by atoms with E-state index in [1.807, 2.05) is 30.3 Å². The number of carboxylic acid groups (broad SMARTS) is 1. The molecule has 0 fully saturated rings.